The topological polar surface area (TPSA) is 117 Å². The second kappa shape index (κ2) is 10.7. The molecule has 1 aliphatic heterocycles. The maximum Gasteiger partial charge on any atom is 0.422 e. The Morgan fingerprint density at radius 3 is 2.34 bits per heavy atom. The molecule has 41 heavy (non-hydrogen) atoms. The van der Waals surface area contributed by atoms with Crippen molar-refractivity contribution in [1.82, 2.24) is 10.2 Å². The van der Waals surface area contributed by atoms with Gasteiger partial charge in [-0.05, 0) is 43.5 Å². The fraction of sp³-hybridized carbons (Fsp3) is 0.400. The van der Waals surface area contributed by atoms with Crippen LogP contribution in [0.25, 0.3) is 0 Å². The van der Waals surface area contributed by atoms with Gasteiger partial charge in [-0.2, -0.15) is 31.6 Å². The molecule has 0 bridgehead atoms. The van der Waals surface area contributed by atoms with Gasteiger partial charge in [-0.25, -0.2) is 8.42 Å². The van der Waals surface area contributed by atoms with Crippen molar-refractivity contribution in [3.63, 3.8) is 0 Å². The van der Waals surface area contributed by atoms with Crippen LogP contribution in [0.3, 0.4) is 0 Å². The second-order valence-electron chi connectivity index (χ2n) is 9.60. The van der Waals surface area contributed by atoms with E-state index >= 15 is 0 Å². The van der Waals surface area contributed by atoms with Gasteiger partial charge in [0, 0.05) is 12.6 Å². The van der Waals surface area contributed by atoms with Crippen LogP contribution in [0.2, 0.25) is 5.02 Å². The summed E-state index contributed by atoms with van der Waals surface area (Å²) in [7, 11) is -4.49. The van der Waals surface area contributed by atoms with Gasteiger partial charge < -0.3 is 15.0 Å². The van der Waals surface area contributed by atoms with Gasteiger partial charge in [0.15, 0.2) is 16.4 Å². The van der Waals surface area contributed by atoms with Crippen LogP contribution in [0.1, 0.15) is 35.2 Å². The molecule has 16 heteroatoms. The molecule has 2 aromatic carbocycles. The van der Waals surface area contributed by atoms with Gasteiger partial charge >= 0.3 is 12.4 Å². The first-order valence-electron chi connectivity index (χ1n) is 11.9. The molecule has 1 N–H and O–H groups in total. The molecule has 1 aliphatic carbocycles. The number of alkyl halides is 6. The number of carbonyl (C=O) groups is 2. The first-order chi connectivity index (χ1) is 19.0. The number of amides is 2. The zero-order chi connectivity index (χ0) is 30.4. The highest BCUT2D eigenvalue weighted by molar-refractivity contribution is 7.92. The minimum absolute atomic E-state index is 0.299. The molecule has 2 aliphatic rings. The van der Waals surface area contributed by atoms with Gasteiger partial charge in [0.25, 0.3) is 5.91 Å². The predicted octanol–water partition coefficient (Wildman–Crippen LogP) is 4.53. The van der Waals surface area contributed by atoms with Gasteiger partial charge in [0.1, 0.15) is 17.3 Å². The number of benzene rings is 2. The molecule has 4 rings (SSSR count). The Hall–Kier alpha value is -3.51. The van der Waals surface area contributed by atoms with Gasteiger partial charge in [0.05, 0.1) is 32.4 Å². The van der Waals surface area contributed by atoms with E-state index in [0.717, 1.165) is 30.3 Å². The van der Waals surface area contributed by atoms with E-state index < -0.39 is 91.5 Å². The van der Waals surface area contributed by atoms with Crippen molar-refractivity contribution in [2.45, 2.75) is 53.3 Å². The third-order valence-electron chi connectivity index (χ3n) is 6.67. The number of nitrogens with one attached hydrogen (secondary N) is 1. The smallest absolute Gasteiger partial charge is 0.422 e. The van der Waals surface area contributed by atoms with E-state index in [1.54, 1.807) is 0 Å². The lowest BCUT2D eigenvalue weighted by Crippen LogP contribution is -2.49. The van der Waals surface area contributed by atoms with E-state index in [1.807, 2.05) is 6.07 Å². The molecule has 0 aromatic heterocycles. The van der Waals surface area contributed by atoms with Crippen LogP contribution in [0, 0.1) is 11.3 Å². The Balaban J connectivity index is 1.67. The number of hydrogen-bond donors (Lipinski definition) is 1. The maximum atomic E-state index is 13.6. The summed E-state index contributed by atoms with van der Waals surface area (Å²) in [6.45, 7) is -2.36. The fourth-order valence-electron chi connectivity index (χ4n) is 4.42. The SMILES string of the molecule is N#CC1(NC(=O)[C@@H]2C[C@@H](S(=O)(=O)c3ccc(OCC(F)(F)F)cc3Cl)CN2C(=O)c2ccccc2C(F)(F)F)CC1. The summed E-state index contributed by atoms with van der Waals surface area (Å²) in [5, 5.41) is 9.76. The molecule has 1 saturated carbocycles. The summed E-state index contributed by atoms with van der Waals surface area (Å²) >= 11 is 6.06. The summed E-state index contributed by atoms with van der Waals surface area (Å²) in [6.07, 6.45) is -9.54. The van der Waals surface area contributed by atoms with E-state index in [2.05, 4.69) is 10.1 Å². The van der Waals surface area contributed by atoms with Crippen molar-refractivity contribution in [1.29, 1.82) is 5.26 Å². The zero-order valence-electron chi connectivity index (χ0n) is 20.7. The Morgan fingerprint density at radius 2 is 1.78 bits per heavy atom. The van der Waals surface area contributed by atoms with Crippen LogP contribution in [-0.4, -0.2) is 61.3 Å². The first kappa shape index (κ1) is 30.4. The number of ether oxygens (including phenoxy) is 1. The van der Waals surface area contributed by atoms with Gasteiger partial charge in [-0.15, -0.1) is 0 Å². The molecule has 8 nitrogen and oxygen atoms in total. The third kappa shape index (κ3) is 6.54. The fourth-order valence-corrected chi connectivity index (χ4v) is 6.66. The Labute approximate surface area is 234 Å². The Bertz CT molecular complexity index is 1520. The quantitative estimate of drug-likeness (QED) is 0.453. The molecular weight excluding hydrogens is 604 g/mol. The highest BCUT2D eigenvalue weighted by Crippen LogP contribution is 2.39. The number of sulfone groups is 1. The molecular formula is C25H20ClF6N3O5S. The third-order valence-corrected chi connectivity index (χ3v) is 9.28. The van der Waals surface area contributed by atoms with E-state index in [1.165, 1.54) is 6.07 Å². The molecule has 2 amide bonds. The lowest BCUT2D eigenvalue weighted by Gasteiger charge is -2.26. The summed E-state index contributed by atoms with van der Waals surface area (Å²) < 4.78 is 110. The number of nitriles is 1. The van der Waals surface area contributed by atoms with Crippen molar-refractivity contribution in [3.8, 4) is 11.8 Å². The molecule has 1 heterocycles. The van der Waals surface area contributed by atoms with Gasteiger partial charge in [0.2, 0.25) is 5.91 Å². The maximum absolute atomic E-state index is 13.6. The normalized spacial score (nSPS) is 20.3. The first-order valence-corrected chi connectivity index (χ1v) is 13.8. The number of hydrogen-bond acceptors (Lipinski definition) is 6. The molecule has 2 fully saturated rings. The minimum Gasteiger partial charge on any atom is -0.484 e. The summed E-state index contributed by atoms with van der Waals surface area (Å²) in [4.78, 5) is 26.7. The average Bonchev–Trinajstić information content (AvgIpc) is 3.50. The molecule has 0 spiro atoms. The zero-order valence-corrected chi connectivity index (χ0v) is 22.3. The highest BCUT2D eigenvalue weighted by atomic mass is 35.5. The lowest BCUT2D eigenvalue weighted by atomic mass is 10.0. The van der Waals surface area contributed by atoms with Crippen LogP contribution < -0.4 is 10.1 Å². The predicted molar refractivity (Wildman–Crippen MR) is 131 cm³/mol. The average molecular weight is 624 g/mol. The van der Waals surface area contributed by atoms with Crippen LogP contribution in [-0.2, 0) is 20.8 Å². The van der Waals surface area contributed by atoms with Crippen LogP contribution in [0.4, 0.5) is 26.3 Å². The summed E-state index contributed by atoms with van der Waals surface area (Å²) in [5.41, 5.74) is -3.31. The molecule has 0 radical (unpaired) electrons. The van der Waals surface area contributed by atoms with E-state index in [-0.39, 0.29) is 5.75 Å². The largest absolute Gasteiger partial charge is 0.484 e. The molecule has 0 unspecified atom stereocenters. The lowest BCUT2D eigenvalue weighted by molar-refractivity contribution is -0.153. The van der Waals surface area contributed by atoms with E-state index in [9.17, 15) is 49.6 Å². The summed E-state index contributed by atoms with van der Waals surface area (Å²) in [5.74, 6) is -2.54. The van der Waals surface area contributed by atoms with Gasteiger partial charge in [-0.1, -0.05) is 23.7 Å². The standard InChI is InChI=1S/C25H20ClF6N3O5S/c26-18-9-14(40-13-24(27,28)29)5-6-20(18)41(38,39)15-10-19(21(36)34-23(12-33)7-8-23)35(11-15)22(37)16-3-1-2-4-17(16)25(30,31)32/h1-6,9,15,19H,7-8,10-11,13H2,(H,34,36)/t15-,19+/m1/s1. The number of halogens is 7. The second-order valence-corrected chi connectivity index (χ2v) is 12.2. The van der Waals surface area contributed by atoms with Crippen LogP contribution in [0.5, 0.6) is 5.75 Å². The van der Waals surface area contributed by atoms with Crippen molar-refractivity contribution in [2.24, 2.45) is 0 Å². The summed E-state index contributed by atoms with van der Waals surface area (Å²) in [6, 6.07) is 6.86. The number of rotatable bonds is 7. The van der Waals surface area contributed by atoms with Crippen molar-refractivity contribution < 1.29 is 49.1 Å². The molecule has 2 aromatic rings. The van der Waals surface area contributed by atoms with Crippen molar-refractivity contribution >= 4 is 33.3 Å². The van der Waals surface area contributed by atoms with E-state index in [4.69, 9.17) is 11.6 Å². The number of carbonyl (C=O) groups excluding carboxylic acids is 2. The number of nitrogens with zero attached hydrogens (tertiary/aromatic N) is 2. The molecule has 220 valence electrons. The monoisotopic (exact) mass is 623 g/mol. The Kier molecular flexibility index (Phi) is 7.96. The van der Waals surface area contributed by atoms with Crippen LogP contribution >= 0.6 is 11.6 Å². The highest BCUT2D eigenvalue weighted by Gasteiger charge is 2.51. The minimum atomic E-state index is -4.93. The molecule has 1 saturated heterocycles. The van der Waals surface area contributed by atoms with Crippen LogP contribution in [0.15, 0.2) is 47.4 Å². The number of likely N-dealkylation sites (tertiary alicyclic amines) is 1. The van der Waals surface area contributed by atoms with Gasteiger partial charge in [-0.3, -0.25) is 9.59 Å². The van der Waals surface area contributed by atoms with Crippen molar-refractivity contribution in [3.05, 3.63) is 58.6 Å². The van der Waals surface area contributed by atoms with Crippen molar-refractivity contribution in [2.75, 3.05) is 13.2 Å². The van der Waals surface area contributed by atoms with E-state index in [0.29, 0.717) is 23.8 Å². The Morgan fingerprint density at radius 1 is 1.12 bits per heavy atom. The molecule has 2 atom stereocenters.